The van der Waals surface area contributed by atoms with E-state index in [0.717, 1.165) is 24.8 Å². The summed E-state index contributed by atoms with van der Waals surface area (Å²) in [6, 6.07) is 5.28. The van der Waals surface area contributed by atoms with E-state index >= 15 is 0 Å². The average Bonchev–Trinajstić information content (AvgIpc) is 2.88. The summed E-state index contributed by atoms with van der Waals surface area (Å²) in [5, 5.41) is 29.9. The van der Waals surface area contributed by atoms with Crippen LogP contribution < -0.4 is 20.1 Å². The van der Waals surface area contributed by atoms with Crippen molar-refractivity contribution in [2.45, 2.75) is 57.2 Å². The van der Waals surface area contributed by atoms with Crippen LogP contribution in [-0.4, -0.2) is 53.5 Å². The summed E-state index contributed by atoms with van der Waals surface area (Å²) < 4.78 is 15.9. The van der Waals surface area contributed by atoms with Crippen molar-refractivity contribution < 1.29 is 29.0 Å². The minimum atomic E-state index is -0.667. The third kappa shape index (κ3) is 4.82. The molecule has 2 atom stereocenters. The summed E-state index contributed by atoms with van der Waals surface area (Å²) in [5.74, 6) is 1.33. The van der Waals surface area contributed by atoms with Gasteiger partial charge in [-0.3, -0.25) is 10.1 Å². The maximum Gasteiger partial charge on any atom is 0.342 e. The topological polar surface area (TPSA) is 145 Å². The number of hydrogen-bond donors (Lipinski definition) is 3. The Hall–Kier alpha value is -3.60. The molecule has 4 aliphatic carbocycles. The fourth-order valence-electron chi connectivity index (χ4n) is 6.88. The molecule has 2 aromatic rings. The standard InChI is InChI=1S/C27H34N4O7/c1-4-38-26(32)19-14-29-25(28-13-15-5-6-20(36-2)21(9-15)37-3)24(31(34)35)23(19)30-22-17-7-16-8-18(22)12-27(33,10-16)11-17/h5-6,9,14,16-18,22,33H,4,7-8,10-13H2,1-3H3,(H2,28,29,30)/t16?,17-,18-,22?,27?/m0/s1. The maximum absolute atomic E-state index is 12.8. The van der Waals surface area contributed by atoms with E-state index < -0.39 is 16.5 Å². The molecule has 3 N–H and O–H groups in total. The number of ether oxygens (including phenoxy) is 3. The minimum absolute atomic E-state index is 0.0303. The lowest BCUT2D eigenvalue weighted by Gasteiger charge is -2.58. The van der Waals surface area contributed by atoms with Crippen molar-refractivity contribution in [3.8, 4) is 11.5 Å². The van der Waals surface area contributed by atoms with Crippen molar-refractivity contribution >= 4 is 23.2 Å². The van der Waals surface area contributed by atoms with Crippen LogP contribution in [0.25, 0.3) is 0 Å². The van der Waals surface area contributed by atoms with Gasteiger partial charge in [-0.05, 0) is 74.5 Å². The molecule has 6 rings (SSSR count). The van der Waals surface area contributed by atoms with Gasteiger partial charge in [0.05, 0.1) is 31.4 Å². The fourth-order valence-corrected chi connectivity index (χ4v) is 6.88. The summed E-state index contributed by atoms with van der Waals surface area (Å²) in [7, 11) is 3.09. The van der Waals surface area contributed by atoms with E-state index in [-0.39, 0.29) is 53.8 Å². The number of esters is 1. The van der Waals surface area contributed by atoms with Crippen molar-refractivity contribution in [1.82, 2.24) is 4.98 Å². The normalized spacial score (nSPS) is 27.1. The van der Waals surface area contributed by atoms with Gasteiger partial charge in [0.25, 0.3) is 0 Å². The first-order chi connectivity index (χ1) is 18.2. The number of pyridine rings is 1. The molecule has 0 aliphatic heterocycles. The van der Waals surface area contributed by atoms with Gasteiger partial charge in [-0.15, -0.1) is 0 Å². The number of nitrogens with one attached hydrogen (secondary N) is 2. The van der Waals surface area contributed by atoms with Crippen molar-refractivity contribution in [2.24, 2.45) is 17.8 Å². The van der Waals surface area contributed by atoms with E-state index in [0.29, 0.717) is 30.3 Å². The Morgan fingerprint density at radius 1 is 1.18 bits per heavy atom. The number of benzene rings is 1. The molecule has 204 valence electrons. The molecule has 0 amide bonds. The summed E-state index contributed by atoms with van der Waals surface area (Å²) >= 11 is 0. The summed E-state index contributed by atoms with van der Waals surface area (Å²) in [4.78, 5) is 29.0. The number of aromatic nitrogens is 1. The van der Waals surface area contributed by atoms with Gasteiger partial charge < -0.3 is 30.0 Å². The van der Waals surface area contributed by atoms with E-state index in [9.17, 15) is 20.0 Å². The molecule has 4 bridgehead atoms. The predicted molar refractivity (Wildman–Crippen MR) is 140 cm³/mol. The first-order valence-corrected chi connectivity index (χ1v) is 13.0. The number of rotatable bonds is 10. The number of nitro groups is 1. The number of aliphatic hydroxyl groups is 1. The first kappa shape index (κ1) is 26.0. The van der Waals surface area contributed by atoms with Crippen molar-refractivity contribution in [1.29, 1.82) is 0 Å². The monoisotopic (exact) mass is 526 g/mol. The second kappa shape index (κ2) is 10.3. The predicted octanol–water partition coefficient (Wildman–Crippen LogP) is 4.15. The number of anilines is 2. The Balaban J connectivity index is 1.48. The molecule has 1 heterocycles. The third-order valence-corrected chi connectivity index (χ3v) is 8.19. The Morgan fingerprint density at radius 2 is 1.89 bits per heavy atom. The molecule has 0 radical (unpaired) electrons. The van der Waals surface area contributed by atoms with Crippen LogP contribution in [0.15, 0.2) is 24.4 Å². The van der Waals surface area contributed by atoms with Crippen molar-refractivity contribution in [2.75, 3.05) is 31.5 Å². The lowest BCUT2D eigenvalue weighted by atomic mass is 9.52. The highest BCUT2D eigenvalue weighted by atomic mass is 16.6. The summed E-state index contributed by atoms with van der Waals surface area (Å²) in [6.07, 6.45) is 5.42. The van der Waals surface area contributed by atoms with Crippen LogP contribution in [0.5, 0.6) is 11.5 Å². The number of carbonyl (C=O) groups is 1. The third-order valence-electron chi connectivity index (χ3n) is 8.19. The SMILES string of the molecule is CCOC(=O)c1cnc(NCc2ccc(OC)c(OC)c2)c([N+](=O)[O-])c1NC1[C@H]2CC3C[C@H]1CC(O)(C3)C2. The van der Waals surface area contributed by atoms with Gasteiger partial charge in [0.2, 0.25) is 5.82 Å². The fraction of sp³-hybridized carbons (Fsp3) is 0.556. The molecule has 4 fully saturated rings. The molecule has 0 spiro atoms. The largest absolute Gasteiger partial charge is 0.493 e. The van der Waals surface area contributed by atoms with Gasteiger partial charge in [-0.25, -0.2) is 9.78 Å². The molecular weight excluding hydrogens is 492 g/mol. The Morgan fingerprint density at radius 3 is 2.50 bits per heavy atom. The number of methoxy groups -OCH3 is 2. The second-order valence-electron chi connectivity index (χ2n) is 10.6. The average molecular weight is 527 g/mol. The smallest absolute Gasteiger partial charge is 0.342 e. The molecule has 1 aromatic carbocycles. The van der Waals surface area contributed by atoms with Gasteiger partial charge in [0.15, 0.2) is 11.5 Å². The lowest BCUT2D eigenvalue weighted by Crippen LogP contribution is -2.59. The van der Waals surface area contributed by atoms with Crippen molar-refractivity contribution in [3.05, 3.63) is 45.6 Å². The van der Waals surface area contributed by atoms with Crippen LogP contribution in [0.1, 0.15) is 54.9 Å². The summed E-state index contributed by atoms with van der Waals surface area (Å²) in [6.45, 7) is 2.05. The van der Waals surface area contributed by atoms with E-state index in [2.05, 4.69) is 15.6 Å². The van der Waals surface area contributed by atoms with E-state index in [4.69, 9.17) is 14.2 Å². The van der Waals surface area contributed by atoms with Crippen LogP contribution in [0.2, 0.25) is 0 Å². The molecular formula is C27H34N4O7. The van der Waals surface area contributed by atoms with E-state index in [1.165, 1.54) is 13.3 Å². The Kier molecular flexibility index (Phi) is 7.04. The molecule has 1 aromatic heterocycles. The number of hydrogen-bond acceptors (Lipinski definition) is 10. The van der Waals surface area contributed by atoms with Gasteiger partial charge in [0, 0.05) is 18.8 Å². The van der Waals surface area contributed by atoms with Crippen LogP contribution in [0, 0.1) is 27.9 Å². The molecule has 0 saturated heterocycles. The first-order valence-electron chi connectivity index (χ1n) is 13.0. The lowest BCUT2D eigenvalue weighted by molar-refractivity contribution is -0.383. The van der Waals surface area contributed by atoms with Gasteiger partial charge >= 0.3 is 11.7 Å². The number of nitrogens with zero attached hydrogens (tertiary/aromatic N) is 2. The van der Waals surface area contributed by atoms with E-state index in [1.54, 1.807) is 26.2 Å². The molecule has 4 saturated carbocycles. The van der Waals surface area contributed by atoms with Gasteiger partial charge in [0.1, 0.15) is 11.3 Å². The zero-order valence-corrected chi connectivity index (χ0v) is 21.9. The van der Waals surface area contributed by atoms with Gasteiger partial charge in [-0.1, -0.05) is 6.07 Å². The Bertz CT molecular complexity index is 1220. The molecule has 4 aliphatic rings. The maximum atomic E-state index is 12.8. The van der Waals surface area contributed by atoms with E-state index in [1.807, 2.05) is 6.07 Å². The molecule has 11 nitrogen and oxygen atoms in total. The van der Waals surface area contributed by atoms with Gasteiger partial charge in [-0.2, -0.15) is 0 Å². The summed E-state index contributed by atoms with van der Waals surface area (Å²) in [5.41, 5.74) is 0.000575. The van der Waals surface area contributed by atoms with Crippen LogP contribution >= 0.6 is 0 Å². The highest BCUT2D eigenvalue weighted by Crippen LogP contribution is 2.56. The minimum Gasteiger partial charge on any atom is -0.493 e. The second-order valence-corrected chi connectivity index (χ2v) is 10.6. The van der Waals surface area contributed by atoms with Crippen LogP contribution in [-0.2, 0) is 11.3 Å². The van der Waals surface area contributed by atoms with Crippen LogP contribution in [0.3, 0.4) is 0 Å². The molecule has 38 heavy (non-hydrogen) atoms. The highest BCUT2D eigenvalue weighted by molar-refractivity contribution is 5.99. The molecule has 11 heteroatoms. The number of carbonyl (C=O) groups excluding carboxylic acids is 1. The zero-order valence-electron chi connectivity index (χ0n) is 21.9. The highest BCUT2D eigenvalue weighted by Gasteiger charge is 2.55. The Labute approximate surface area is 221 Å². The molecule has 0 unspecified atom stereocenters. The quantitative estimate of drug-likeness (QED) is 0.234. The van der Waals surface area contributed by atoms with Crippen LogP contribution in [0.4, 0.5) is 17.2 Å². The zero-order chi connectivity index (χ0) is 27.0. The van der Waals surface area contributed by atoms with Crippen molar-refractivity contribution in [3.63, 3.8) is 0 Å².